The second kappa shape index (κ2) is 9.35. The first kappa shape index (κ1) is 24.1. The Labute approximate surface area is 228 Å². The van der Waals surface area contributed by atoms with E-state index in [2.05, 4.69) is 34.2 Å². The minimum atomic E-state index is 0.0520. The van der Waals surface area contributed by atoms with Gasteiger partial charge in [0.05, 0.1) is 6.61 Å². The second-order valence-corrected chi connectivity index (χ2v) is 11.0. The number of carbonyl (C=O) groups excluding carboxylic acids is 1. The number of hydrogen-bond acceptors (Lipinski definition) is 6. The minimum Gasteiger partial charge on any atom is -0.492 e. The number of ether oxygens (including phenoxy) is 1. The zero-order chi connectivity index (χ0) is 26.6. The second-order valence-electron chi connectivity index (χ2n) is 11.0. The molecule has 1 fully saturated rings. The number of hydrogen-bond donors (Lipinski definition) is 0. The summed E-state index contributed by atoms with van der Waals surface area (Å²) in [4.78, 5) is 18.1. The van der Waals surface area contributed by atoms with Crippen molar-refractivity contribution in [1.29, 1.82) is 0 Å². The van der Waals surface area contributed by atoms with Crippen molar-refractivity contribution < 1.29 is 13.9 Å². The lowest BCUT2D eigenvalue weighted by molar-refractivity contribution is 0.0989. The van der Waals surface area contributed by atoms with E-state index in [0.717, 1.165) is 73.6 Å². The van der Waals surface area contributed by atoms with E-state index in [1.807, 2.05) is 53.4 Å². The van der Waals surface area contributed by atoms with Gasteiger partial charge in [-0.2, -0.15) is 0 Å². The van der Waals surface area contributed by atoms with E-state index in [0.29, 0.717) is 23.9 Å². The van der Waals surface area contributed by atoms with E-state index in [4.69, 9.17) is 9.15 Å². The quantitative estimate of drug-likeness (QED) is 0.346. The van der Waals surface area contributed by atoms with Gasteiger partial charge >= 0.3 is 0 Å². The summed E-state index contributed by atoms with van der Waals surface area (Å²) >= 11 is 0. The number of anilines is 1. The van der Waals surface area contributed by atoms with Crippen LogP contribution in [-0.2, 0) is 11.8 Å². The van der Waals surface area contributed by atoms with Crippen LogP contribution in [0.3, 0.4) is 0 Å². The average Bonchev–Trinajstić information content (AvgIpc) is 3.70. The largest absolute Gasteiger partial charge is 0.492 e. The molecule has 1 aromatic heterocycles. The molecule has 0 aliphatic carbocycles. The van der Waals surface area contributed by atoms with Gasteiger partial charge in [-0.3, -0.25) is 4.79 Å². The molecule has 3 aliphatic heterocycles. The Morgan fingerprint density at radius 2 is 1.62 bits per heavy atom. The highest BCUT2D eigenvalue weighted by atomic mass is 16.5. The van der Waals surface area contributed by atoms with Crippen LogP contribution < -0.4 is 9.64 Å². The fourth-order valence-electron chi connectivity index (χ4n) is 6.34. The first-order valence-corrected chi connectivity index (χ1v) is 13.9. The number of likely N-dealkylation sites (tertiary alicyclic amines) is 1. The van der Waals surface area contributed by atoms with Crippen LogP contribution in [0.25, 0.3) is 22.6 Å². The molecule has 3 aliphatic rings. The van der Waals surface area contributed by atoms with E-state index in [1.165, 1.54) is 11.1 Å². The number of aromatic nitrogens is 2. The van der Waals surface area contributed by atoms with Crippen LogP contribution in [0, 0.1) is 6.92 Å². The molecule has 7 nitrogen and oxygen atoms in total. The standard InChI is InChI=1S/C32H32N4O3/c1-3-35-16-13-32(14-17-35)20-38-29-18-26-12-15-36(28(26)19-27(29)32)31(37)25-10-6-23(7-11-25)22-4-8-24(9-5-22)30-34-33-21(2)39-30/h4-11,18-19H,3,12-17,20H2,1-2H3. The third-order valence-electron chi connectivity index (χ3n) is 8.78. The summed E-state index contributed by atoms with van der Waals surface area (Å²) in [6.07, 6.45) is 3.08. The highest BCUT2D eigenvalue weighted by Crippen LogP contribution is 2.49. The lowest BCUT2D eigenvalue weighted by atomic mass is 9.74. The van der Waals surface area contributed by atoms with Crippen molar-refractivity contribution in [2.24, 2.45) is 0 Å². The third kappa shape index (κ3) is 4.12. The Bertz CT molecular complexity index is 1530. The molecule has 0 radical (unpaired) electrons. The summed E-state index contributed by atoms with van der Waals surface area (Å²) in [5, 5.41) is 7.99. The van der Waals surface area contributed by atoms with Gasteiger partial charge in [0.1, 0.15) is 5.75 Å². The molecule has 0 saturated carbocycles. The van der Waals surface area contributed by atoms with Gasteiger partial charge in [0.25, 0.3) is 5.91 Å². The van der Waals surface area contributed by atoms with Crippen molar-refractivity contribution >= 4 is 11.6 Å². The maximum absolute atomic E-state index is 13.7. The first-order valence-electron chi connectivity index (χ1n) is 13.9. The molecule has 4 heterocycles. The topological polar surface area (TPSA) is 71.7 Å². The fraction of sp³-hybridized carbons (Fsp3) is 0.344. The Balaban J connectivity index is 1.11. The van der Waals surface area contributed by atoms with Gasteiger partial charge in [-0.15, -0.1) is 10.2 Å². The average molecular weight is 521 g/mol. The number of amides is 1. The molecule has 39 heavy (non-hydrogen) atoms. The van der Waals surface area contributed by atoms with Gasteiger partial charge in [-0.25, -0.2) is 0 Å². The number of rotatable bonds is 4. The molecule has 4 aromatic rings. The van der Waals surface area contributed by atoms with Crippen LogP contribution >= 0.6 is 0 Å². The Kier molecular flexibility index (Phi) is 5.77. The monoisotopic (exact) mass is 520 g/mol. The van der Waals surface area contributed by atoms with Gasteiger partial charge < -0.3 is 19.0 Å². The van der Waals surface area contributed by atoms with E-state index < -0.39 is 0 Å². The van der Waals surface area contributed by atoms with E-state index >= 15 is 0 Å². The lowest BCUT2D eigenvalue weighted by Gasteiger charge is -2.38. The zero-order valence-corrected chi connectivity index (χ0v) is 22.4. The summed E-state index contributed by atoms with van der Waals surface area (Å²) in [5.41, 5.74) is 7.34. The number of fused-ring (bicyclic) bond motifs is 3. The highest BCUT2D eigenvalue weighted by molar-refractivity contribution is 6.07. The molecule has 0 N–H and O–H groups in total. The molecule has 3 aromatic carbocycles. The van der Waals surface area contributed by atoms with Crippen LogP contribution in [0.4, 0.5) is 5.69 Å². The SMILES string of the molecule is CCN1CCC2(CC1)COc1cc3c(cc12)N(C(=O)c1ccc(-c2ccc(-c4nnc(C)o4)cc2)cc1)CC3. The van der Waals surface area contributed by atoms with Crippen LogP contribution in [0.2, 0.25) is 0 Å². The van der Waals surface area contributed by atoms with Gasteiger partial charge in [0, 0.05) is 41.3 Å². The zero-order valence-electron chi connectivity index (χ0n) is 22.4. The van der Waals surface area contributed by atoms with Crippen molar-refractivity contribution in [3.63, 3.8) is 0 Å². The maximum Gasteiger partial charge on any atom is 0.258 e. The summed E-state index contributed by atoms with van der Waals surface area (Å²) < 4.78 is 11.7. The van der Waals surface area contributed by atoms with E-state index in [1.54, 1.807) is 6.92 Å². The van der Waals surface area contributed by atoms with Crippen molar-refractivity contribution in [1.82, 2.24) is 15.1 Å². The lowest BCUT2D eigenvalue weighted by Crippen LogP contribution is -2.43. The first-order chi connectivity index (χ1) is 19.0. The van der Waals surface area contributed by atoms with Gasteiger partial charge in [0.2, 0.25) is 11.8 Å². The Morgan fingerprint density at radius 3 is 2.28 bits per heavy atom. The Hall–Kier alpha value is -3.97. The van der Waals surface area contributed by atoms with Crippen LogP contribution in [0.1, 0.15) is 47.1 Å². The van der Waals surface area contributed by atoms with Crippen molar-refractivity contribution in [2.75, 3.05) is 37.7 Å². The molecule has 1 spiro atoms. The van der Waals surface area contributed by atoms with Crippen molar-refractivity contribution in [2.45, 2.75) is 38.5 Å². The summed E-state index contributed by atoms with van der Waals surface area (Å²) in [6, 6.07) is 20.4. The molecule has 0 unspecified atom stereocenters. The van der Waals surface area contributed by atoms with Gasteiger partial charge in [0.15, 0.2) is 0 Å². The van der Waals surface area contributed by atoms with Crippen molar-refractivity contribution in [3.8, 4) is 28.3 Å². The number of benzene rings is 3. The highest BCUT2D eigenvalue weighted by Gasteiger charge is 2.44. The molecule has 1 saturated heterocycles. The molecule has 7 rings (SSSR count). The predicted octanol–water partition coefficient (Wildman–Crippen LogP) is 5.66. The number of carbonyl (C=O) groups is 1. The maximum atomic E-state index is 13.7. The summed E-state index contributed by atoms with van der Waals surface area (Å²) in [7, 11) is 0. The summed E-state index contributed by atoms with van der Waals surface area (Å²) in [6.45, 7) is 8.77. The minimum absolute atomic E-state index is 0.0520. The Morgan fingerprint density at radius 1 is 0.923 bits per heavy atom. The summed E-state index contributed by atoms with van der Waals surface area (Å²) in [5.74, 6) is 2.14. The molecule has 7 heteroatoms. The van der Waals surface area contributed by atoms with E-state index in [9.17, 15) is 4.79 Å². The molecular formula is C32H32N4O3. The number of piperidine rings is 1. The van der Waals surface area contributed by atoms with Crippen LogP contribution in [0.15, 0.2) is 65.1 Å². The van der Waals surface area contributed by atoms with Crippen molar-refractivity contribution in [3.05, 3.63) is 83.2 Å². The van der Waals surface area contributed by atoms with Crippen LogP contribution in [-0.4, -0.2) is 53.8 Å². The van der Waals surface area contributed by atoms with E-state index in [-0.39, 0.29) is 11.3 Å². The van der Waals surface area contributed by atoms with Gasteiger partial charge in [-0.05, 0) is 92.0 Å². The normalized spacial score (nSPS) is 17.7. The smallest absolute Gasteiger partial charge is 0.258 e. The fourth-order valence-corrected chi connectivity index (χ4v) is 6.34. The molecule has 198 valence electrons. The molecule has 0 atom stereocenters. The number of aryl methyl sites for hydroxylation is 1. The number of nitrogens with zero attached hydrogens (tertiary/aromatic N) is 4. The predicted molar refractivity (Wildman–Crippen MR) is 150 cm³/mol. The van der Waals surface area contributed by atoms with Crippen LogP contribution in [0.5, 0.6) is 5.75 Å². The molecule has 1 amide bonds. The van der Waals surface area contributed by atoms with Gasteiger partial charge in [-0.1, -0.05) is 31.2 Å². The molecule has 0 bridgehead atoms. The molecular weight excluding hydrogens is 488 g/mol. The third-order valence-corrected chi connectivity index (χ3v) is 8.78.